The summed E-state index contributed by atoms with van der Waals surface area (Å²) in [4.78, 5) is 2.06. The molecule has 0 bridgehead atoms. The molecule has 0 radical (unpaired) electrons. The molecule has 0 saturated carbocycles. The Morgan fingerprint density at radius 2 is 2.14 bits per heavy atom. The van der Waals surface area contributed by atoms with E-state index in [9.17, 15) is 0 Å². The lowest BCUT2D eigenvalue weighted by atomic mass is 10.1. The third-order valence-electron chi connectivity index (χ3n) is 3.14. The highest BCUT2D eigenvalue weighted by molar-refractivity contribution is 6.34. The van der Waals surface area contributed by atoms with Gasteiger partial charge in [-0.3, -0.25) is 0 Å². The van der Waals surface area contributed by atoms with Crippen LogP contribution in [-0.4, -0.2) is 51.1 Å². The maximum atomic E-state index is 8.97. The average Bonchev–Trinajstić information content (AvgIpc) is 2.47. The van der Waals surface area contributed by atoms with Crippen molar-refractivity contribution in [1.82, 2.24) is 0 Å². The zero-order valence-corrected chi connectivity index (χ0v) is 13.3. The fraction of sp³-hybridized carbons (Fsp3) is 0.500. The van der Waals surface area contributed by atoms with Crippen molar-refractivity contribution in [3.8, 4) is 0 Å². The van der Waals surface area contributed by atoms with Crippen LogP contribution >= 0.6 is 11.6 Å². The zero-order chi connectivity index (χ0) is 15.8. The summed E-state index contributed by atoms with van der Waals surface area (Å²) in [5.74, 6) is -0.0253. The van der Waals surface area contributed by atoms with Crippen molar-refractivity contribution in [3.63, 3.8) is 0 Å². The monoisotopic (exact) mass is 315 g/mol. The van der Waals surface area contributed by atoms with E-state index in [2.05, 4.69) is 10.1 Å². The van der Waals surface area contributed by atoms with Crippen LogP contribution in [0.4, 0.5) is 5.69 Å². The largest absolute Gasteiger partial charge is 0.409 e. The number of oxime groups is 1. The summed E-state index contributed by atoms with van der Waals surface area (Å²) in [7, 11) is 3.29. The van der Waals surface area contributed by atoms with Gasteiger partial charge < -0.3 is 25.3 Å². The first-order valence-corrected chi connectivity index (χ1v) is 6.95. The molecule has 1 aromatic carbocycles. The standard InChI is InChI=1S/C14H22ClN3O3/c1-10(9-21-3)18(7-8-20-2)12-6-4-5-11(15)13(12)14(16)17-19/h4-6,10,19H,7-9H2,1-3H3,(H2,16,17). The van der Waals surface area contributed by atoms with Gasteiger partial charge in [0.2, 0.25) is 0 Å². The highest BCUT2D eigenvalue weighted by Crippen LogP contribution is 2.28. The Morgan fingerprint density at radius 3 is 2.71 bits per heavy atom. The van der Waals surface area contributed by atoms with Crippen molar-refractivity contribution >= 4 is 23.1 Å². The Bertz CT molecular complexity index is 483. The second kappa shape index (κ2) is 8.71. The molecule has 0 aliphatic heterocycles. The van der Waals surface area contributed by atoms with Crippen LogP contribution in [0.1, 0.15) is 12.5 Å². The second-order valence-corrected chi connectivity index (χ2v) is 5.02. The number of ether oxygens (including phenoxy) is 2. The Kier molecular flexibility index (Phi) is 7.28. The van der Waals surface area contributed by atoms with Crippen LogP contribution in [0.3, 0.4) is 0 Å². The molecule has 0 heterocycles. The molecule has 1 aromatic rings. The van der Waals surface area contributed by atoms with E-state index in [0.29, 0.717) is 30.3 Å². The van der Waals surface area contributed by atoms with Crippen LogP contribution in [0, 0.1) is 0 Å². The number of hydrogen-bond acceptors (Lipinski definition) is 5. The summed E-state index contributed by atoms with van der Waals surface area (Å²) in [6, 6.07) is 5.48. The number of nitrogens with two attached hydrogens (primary N) is 1. The van der Waals surface area contributed by atoms with Gasteiger partial charge in [-0.1, -0.05) is 22.8 Å². The minimum atomic E-state index is -0.0253. The van der Waals surface area contributed by atoms with Crippen molar-refractivity contribution in [3.05, 3.63) is 28.8 Å². The van der Waals surface area contributed by atoms with E-state index in [1.54, 1.807) is 20.3 Å². The zero-order valence-electron chi connectivity index (χ0n) is 12.5. The van der Waals surface area contributed by atoms with Crippen LogP contribution in [0.25, 0.3) is 0 Å². The number of halogens is 1. The van der Waals surface area contributed by atoms with Crippen LogP contribution in [0.2, 0.25) is 5.02 Å². The molecule has 0 aliphatic carbocycles. The highest BCUT2D eigenvalue weighted by Gasteiger charge is 2.21. The number of benzene rings is 1. The molecule has 21 heavy (non-hydrogen) atoms. The van der Waals surface area contributed by atoms with Crippen LogP contribution < -0.4 is 10.6 Å². The van der Waals surface area contributed by atoms with Crippen molar-refractivity contribution in [2.45, 2.75) is 13.0 Å². The first-order chi connectivity index (χ1) is 10.1. The van der Waals surface area contributed by atoms with Crippen molar-refractivity contribution in [2.75, 3.05) is 38.9 Å². The SMILES string of the molecule is COCCN(c1cccc(Cl)c1C(N)=NO)C(C)COC. The maximum absolute atomic E-state index is 8.97. The maximum Gasteiger partial charge on any atom is 0.173 e. The molecular formula is C14H22ClN3O3. The molecular weight excluding hydrogens is 294 g/mol. The molecule has 0 spiro atoms. The van der Waals surface area contributed by atoms with Gasteiger partial charge in [-0.05, 0) is 19.1 Å². The lowest BCUT2D eigenvalue weighted by Crippen LogP contribution is -2.40. The molecule has 1 atom stereocenters. The molecule has 1 unspecified atom stereocenters. The Hall–Kier alpha value is -1.50. The minimum absolute atomic E-state index is 0.0253. The minimum Gasteiger partial charge on any atom is -0.409 e. The number of anilines is 1. The smallest absolute Gasteiger partial charge is 0.173 e. The van der Waals surface area contributed by atoms with Gasteiger partial charge in [0.1, 0.15) is 0 Å². The average molecular weight is 316 g/mol. The van der Waals surface area contributed by atoms with Gasteiger partial charge in [-0.25, -0.2) is 0 Å². The fourth-order valence-electron chi connectivity index (χ4n) is 2.15. The first kappa shape index (κ1) is 17.6. The van der Waals surface area contributed by atoms with Crippen molar-refractivity contribution in [2.24, 2.45) is 10.9 Å². The van der Waals surface area contributed by atoms with Gasteiger partial charge in [0.15, 0.2) is 5.84 Å². The molecule has 0 amide bonds. The lowest BCUT2D eigenvalue weighted by Gasteiger charge is -2.32. The number of nitrogens with zero attached hydrogens (tertiary/aromatic N) is 2. The summed E-state index contributed by atoms with van der Waals surface area (Å²) in [6.07, 6.45) is 0. The number of amidine groups is 1. The molecule has 0 saturated heterocycles. The molecule has 3 N–H and O–H groups in total. The quantitative estimate of drug-likeness (QED) is 0.331. The third-order valence-corrected chi connectivity index (χ3v) is 3.46. The van der Waals surface area contributed by atoms with Gasteiger partial charge in [-0.15, -0.1) is 0 Å². The van der Waals surface area contributed by atoms with Crippen LogP contribution in [-0.2, 0) is 9.47 Å². The van der Waals surface area contributed by atoms with Gasteiger partial charge >= 0.3 is 0 Å². The predicted octanol–water partition coefficient (Wildman–Crippen LogP) is 1.92. The van der Waals surface area contributed by atoms with E-state index < -0.39 is 0 Å². The Balaban J connectivity index is 3.26. The van der Waals surface area contributed by atoms with Gasteiger partial charge in [0.25, 0.3) is 0 Å². The molecule has 0 fully saturated rings. The predicted molar refractivity (Wildman–Crippen MR) is 84.5 cm³/mol. The summed E-state index contributed by atoms with van der Waals surface area (Å²) in [6.45, 7) is 3.73. The fourth-order valence-corrected chi connectivity index (χ4v) is 2.42. The second-order valence-electron chi connectivity index (χ2n) is 4.61. The van der Waals surface area contributed by atoms with E-state index in [0.717, 1.165) is 5.69 Å². The topological polar surface area (TPSA) is 80.3 Å². The van der Waals surface area contributed by atoms with Gasteiger partial charge in [-0.2, -0.15) is 0 Å². The molecule has 7 heteroatoms. The van der Waals surface area contributed by atoms with Gasteiger partial charge in [0, 0.05) is 32.5 Å². The number of methoxy groups -OCH3 is 2. The molecule has 0 aromatic heterocycles. The van der Waals surface area contributed by atoms with E-state index in [4.69, 9.17) is 32.0 Å². The summed E-state index contributed by atoms with van der Waals surface area (Å²) >= 11 is 6.20. The van der Waals surface area contributed by atoms with Crippen molar-refractivity contribution in [1.29, 1.82) is 0 Å². The third kappa shape index (κ3) is 4.49. The molecule has 6 nitrogen and oxygen atoms in total. The van der Waals surface area contributed by atoms with Gasteiger partial charge in [0.05, 0.1) is 23.8 Å². The van der Waals surface area contributed by atoms with E-state index in [1.807, 2.05) is 19.1 Å². The lowest BCUT2D eigenvalue weighted by molar-refractivity contribution is 0.171. The van der Waals surface area contributed by atoms with Crippen LogP contribution in [0.5, 0.6) is 0 Å². The van der Waals surface area contributed by atoms with E-state index >= 15 is 0 Å². The first-order valence-electron chi connectivity index (χ1n) is 6.57. The van der Waals surface area contributed by atoms with Crippen molar-refractivity contribution < 1.29 is 14.7 Å². The summed E-state index contributed by atoms with van der Waals surface area (Å²) in [5.41, 5.74) is 7.04. The normalized spacial score (nSPS) is 13.2. The highest BCUT2D eigenvalue weighted by atomic mass is 35.5. The van der Waals surface area contributed by atoms with Crippen LogP contribution in [0.15, 0.2) is 23.4 Å². The summed E-state index contributed by atoms with van der Waals surface area (Å²) in [5, 5.41) is 12.5. The number of rotatable bonds is 8. The Morgan fingerprint density at radius 1 is 1.43 bits per heavy atom. The molecule has 1 rings (SSSR count). The summed E-state index contributed by atoms with van der Waals surface area (Å²) < 4.78 is 10.4. The molecule has 118 valence electrons. The molecule has 0 aliphatic rings. The Labute approximate surface area is 130 Å². The number of hydrogen-bond donors (Lipinski definition) is 2. The van der Waals surface area contributed by atoms with E-state index in [-0.39, 0.29) is 11.9 Å². The van der Waals surface area contributed by atoms with E-state index in [1.165, 1.54) is 0 Å².